The Bertz CT molecular complexity index is 1550. The van der Waals surface area contributed by atoms with Gasteiger partial charge in [0.25, 0.3) is 0 Å². The Morgan fingerprint density at radius 2 is 1.34 bits per heavy atom. The summed E-state index contributed by atoms with van der Waals surface area (Å²) in [6.45, 7) is 7.00. The van der Waals surface area contributed by atoms with E-state index < -0.39 is 0 Å². The normalized spacial score (nSPS) is 12.1. The molecule has 0 fully saturated rings. The first-order valence-corrected chi connectivity index (χ1v) is 13.5. The second-order valence-corrected chi connectivity index (χ2v) is 11.2. The highest BCUT2D eigenvalue weighted by atomic mass is 79.9. The lowest BCUT2D eigenvalue weighted by molar-refractivity contribution is 0.751. The number of hydrogen-bond donors (Lipinski definition) is 0. The van der Waals surface area contributed by atoms with Crippen LogP contribution in [0.5, 0.6) is 0 Å². The van der Waals surface area contributed by atoms with E-state index in [4.69, 9.17) is 0 Å². The highest BCUT2D eigenvalue weighted by Crippen LogP contribution is 2.23. The van der Waals surface area contributed by atoms with Crippen molar-refractivity contribution in [1.82, 2.24) is 19.6 Å². The topological polar surface area (TPSA) is 48.0 Å². The molecule has 0 aliphatic carbocycles. The van der Waals surface area contributed by atoms with Crippen LogP contribution in [0.3, 0.4) is 0 Å². The molecule has 3 aromatic carbocycles. The van der Waals surface area contributed by atoms with Gasteiger partial charge in [-0.15, -0.1) is 0 Å². The number of aromatic nitrogens is 4. The smallest absolute Gasteiger partial charge is 0.0926 e. The number of aryl methyl sites for hydroxylation is 4. The zero-order valence-electron chi connectivity index (χ0n) is 20.3. The number of fused-ring (bicyclic) bond motifs is 3. The molecule has 0 N–H and O–H groups in total. The monoisotopic (exact) mass is 657 g/mol. The summed E-state index contributed by atoms with van der Waals surface area (Å²) in [7, 11) is 3.92. The summed E-state index contributed by atoms with van der Waals surface area (Å²) in [5.41, 5.74) is 8.29. The average molecular weight is 660 g/mol. The highest BCUT2D eigenvalue weighted by Gasteiger charge is 2.11. The highest BCUT2D eigenvalue weighted by molar-refractivity contribution is 9.11. The summed E-state index contributed by atoms with van der Waals surface area (Å²) in [5.74, 6) is 0. The molecule has 0 saturated heterocycles. The second kappa shape index (κ2) is 10.8. The summed E-state index contributed by atoms with van der Waals surface area (Å²) in [6, 6.07) is 18.6. The van der Waals surface area contributed by atoms with Crippen molar-refractivity contribution in [3.8, 4) is 0 Å². The van der Waals surface area contributed by atoms with E-state index in [-0.39, 0.29) is 0 Å². The van der Waals surface area contributed by atoms with Crippen molar-refractivity contribution >= 4 is 75.3 Å². The van der Waals surface area contributed by atoms with Crippen molar-refractivity contribution in [2.24, 2.45) is 19.1 Å². The summed E-state index contributed by atoms with van der Waals surface area (Å²) in [6.07, 6.45) is 0. The molecule has 5 nitrogen and oxygen atoms in total. The van der Waals surface area contributed by atoms with Crippen molar-refractivity contribution in [3.63, 3.8) is 0 Å². The molecular formula is C27H26Br3N5. The second-order valence-electron chi connectivity index (χ2n) is 8.44. The van der Waals surface area contributed by atoms with Crippen molar-refractivity contribution in [1.29, 1.82) is 0 Å². The molecule has 8 heteroatoms. The summed E-state index contributed by atoms with van der Waals surface area (Å²) >= 11 is 10.3. The third kappa shape index (κ3) is 5.76. The third-order valence-corrected chi connectivity index (χ3v) is 7.52. The van der Waals surface area contributed by atoms with Gasteiger partial charge in [0.2, 0.25) is 0 Å². The fourth-order valence-electron chi connectivity index (χ4n) is 4.02. The first kappa shape index (κ1) is 25.8. The van der Waals surface area contributed by atoms with Crippen LogP contribution in [-0.4, -0.2) is 25.3 Å². The molecule has 3 heterocycles. The lowest BCUT2D eigenvalue weighted by Crippen LogP contribution is -1.91. The molecule has 2 aromatic heterocycles. The van der Waals surface area contributed by atoms with E-state index in [9.17, 15) is 0 Å². The quantitative estimate of drug-likeness (QED) is 0.169. The van der Waals surface area contributed by atoms with Crippen LogP contribution >= 0.6 is 47.8 Å². The van der Waals surface area contributed by atoms with Crippen LogP contribution in [0.1, 0.15) is 29.4 Å². The standard InChI is InChI=1S/2C9H9BrN2.C9H8BrN/c1-6-8-5-7(10)3-4-9(8)11-12(6)2;1-6-8-5-7(10)3-4-9(8)12(2)11-6;1-6-9-4-8(10)3-2-7(9)5-11-6/h2*3-5H,1-2H3;2-4H,5H2,1H3. The SMILES string of the molecule is CC1=NCc2ccc(Br)cc21.Cc1c2cc(Br)ccc2nn1C.Cc1nn(C)c2ccc(Br)cc12. The van der Waals surface area contributed by atoms with Gasteiger partial charge in [0.1, 0.15) is 0 Å². The van der Waals surface area contributed by atoms with E-state index in [1.807, 2.05) is 48.6 Å². The van der Waals surface area contributed by atoms with Gasteiger partial charge in [0.15, 0.2) is 0 Å². The molecule has 6 rings (SSSR count). The summed E-state index contributed by atoms with van der Waals surface area (Å²) in [4.78, 5) is 4.34. The van der Waals surface area contributed by atoms with E-state index >= 15 is 0 Å². The lowest BCUT2D eigenvalue weighted by atomic mass is 10.1. The van der Waals surface area contributed by atoms with Crippen LogP contribution in [0, 0.1) is 13.8 Å². The molecule has 0 saturated carbocycles. The molecule has 1 aliphatic heterocycles. The third-order valence-electron chi connectivity index (χ3n) is 6.04. The average Bonchev–Trinajstić information content (AvgIpc) is 3.43. The van der Waals surface area contributed by atoms with Crippen LogP contribution in [0.2, 0.25) is 0 Å². The Kier molecular flexibility index (Phi) is 7.93. The minimum atomic E-state index is 0.856. The lowest BCUT2D eigenvalue weighted by Gasteiger charge is -1.98. The van der Waals surface area contributed by atoms with Crippen molar-refractivity contribution in [2.75, 3.05) is 0 Å². The van der Waals surface area contributed by atoms with Crippen LogP contribution in [0.4, 0.5) is 0 Å². The van der Waals surface area contributed by atoms with Crippen LogP contribution in [0.15, 0.2) is 73.0 Å². The van der Waals surface area contributed by atoms with Gasteiger partial charge in [-0.05, 0) is 74.9 Å². The maximum absolute atomic E-state index is 4.35. The Morgan fingerprint density at radius 1 is 0.714 bits per heavy atom. The first-order valence-electron chi connectivity index (χ1n) is 11.1. The number of nitrogens with zero attached hydrogens (tertiary/aromatic N) is 5. The fourth-order valence-corrected chi connectivity index (χ4v) is 5.10. The number of hydrogen-bond acceptors (Lipinski definition) is 3. The van der Waals surface area contributed by atoms with E-state index in [0.717, 1.165) is 36.9 Å². The van der Waals surface area contributed by atoms with Gasteiger partial charge in [0, 0.05) is 55.3 Å². The zero-order chi connectivity index (χ0) is 25.3. The maximum atomic E-state index is 4.35. The Labute approximate surface area is 230 Å². The van der Waals surface area contributed by atoms with Crippen molar-refractivity contribution < 1.29 is 0 Å². The van der Waals surface area contributed by atoms with E-state index in [2.05, 4.69) is 113 Å². The van der Waals surface area contributed by atoms with Gasteiger partial charge in [-0.2, -0.15) is 10.2 Å². The molecule has 0 radical (unpaired) electrons. The molecule has 180 valence electrons. The molecule has 0 spiro atoms. The number of halogens is 3. The van der Waals surface area contributed by atoms with E-state index in [0.29, 0.717) is 0 Å². The minimum absolute atomic E-state index is 0.856. The maximum Gasteiger partial charge on any atom is 0.0926 e. The van der Waals surface area contributed by atoms with Gasteiger partial charge in [-0.1, -0.05) is 53.9 Å². The predicted octanol–water partition coefficient (Wildman–Crippen LogP) is 8.06. The predicted molar refractivity (Wildman–Crippen MR) is 156 cm³/mol. The van der Waals surface area contributed by atoms with Crippen LogP contribution in [0.25, 0.3) is 21.8 Å². The van der Waals surface area contributed by atoms with Gasteiger partial charge < -0.3 is 0 Å². The summed E-state index contributed by atoms with van der Waals surface area (Å²) in [5, 5.41) is 11.1. The van der Waals surface area contributed by atoms with Gasteiger partial charge in [-0.25, -0.2) is 0 Å². The fraction of sp³-hybridized carbons (Fsp3) is 0.222. The Hall–Kier alpha value is -2.29. The Balaban J connectivity index is 0.000000124. The molecule has 0 atom stereocenters. The number of aliphatic imine (C=N–C) groups is 1. The van der Waals surface area contributed by atoms with Crippen LogP contribution in [-0.2, 0) is 20.6 Å². The first-order chi connectivity index (χ1) is 16.6. The van der Waals surface area contributed by atoms with Crippen molar-refractivity contribution in [2.45, 2.75) is 27.3 Å². The zero-order valence-corrected chi connectivity index (χ0v) is 25.0. The molecular weight excluding hydrogens is 634 g/mol. The van der Waals surface area contributed by atoms with E-state index in [1.54, 1.807) is 0 Å². The van der Waals surface area contributed by atoms with Gasteiger partial charge in [0.05, 0.1) is 23.3 Å². The Morgan fingerprint density at radius 3 is 2.09 bits per heavy atom. The van der Waals surface area contributed by atoms with Gasteiger partial charge in [-0.3, -0.25) is 14.4 Å². The molecule has 5 aromatic rings. The molecule has 0 bridgehead atoms. The van der Waals surface area contributed by atoms with Gasteiger partial charge >= 0.3 is 0 Å². The molecule has 35 heavy (non-hydrogen) atoms. The van der Waals surface area contributed by atoms with E-state index in [1.165, 1.54) is 33.1 Å². The number of rotatable bonds is 0. The minimum Gasteiger partial charge on any atom is -0.285 e. The molecule has 0 unspecified atom stereocenters. The van der Waals surface area contributed by atoms with Crippen molar-refractivity contribution in [3.05, 3.63) is 90.5 Å². The number of benzene rings is 3. The summed E-state index contributed by atoms with van der Waals surface area (Å²) < 4.78 is 7.14. The molecule has 0 amide bonds. The largest absolute Gasteiger partial charge is 0.285 e. The molecule has 1 aliphatic rings. The van der Waals surface area contributed by atoms with Crippen LogP contribution < -0.4 is 0 Å².